The Bertz CT molecular complexity index is 2880. The SMILES string of the molecule is Cc1ccc(N(c2ccc(C)cc2)c2ccc3c(c2)c2ccc(N(c4ccccc4)c4ccccc4)cc2c2ccc(N(c4ccc(C)cc4)c4ccc(C)cc4)cc23)cc1. The van der Waals surface area contributed by atoms with E-state index in [2.05, 4.69) is 255 Å². The predicted molar refractivity (Wildman–Crippen MR) is 262 cm³/mol. The molecular weight excluding hydrogens is 739 g/mol. The molecule has 0 aliphatic rings. The molecular formula is C58H47N3. The monoisotopic (exact) mass is 785 g/mol. The molecule has 10 aromatic carbocycles. The van der Waals surface area contributed by atoms with E-state index in [1.807, 2.05) is 0 Å². The van der Waals surface area contributed by atoms with Crippen LogP contribution in [0.4, 0.5) is 51.2 Å². The number of para-hydroxylation sites is 2. The molecule has 294 valence electrons. The first-order valence-electron chi connectivity index (χ1n) is 21.1. The van der Waals surface area contributed by atoms with Gasteiger partial charge in [-0.3, -0.25) is 0 Å². The van der Waals surface area contributed by atoms with Gasteiger partial charge in [-0.25, -0.2) is 0 Å². The minimum Gasteiger partial charge on any atom is -0.310 e. The smallest absolute Gasteiger partial charge is 0.0468 e. The van der Waals surface area contributed by atoms with Crippen molar-refractivity contribution < 1.29 is 0 Å². The summed E-state index contributed by atoms with van der Waals surface area (Å²) in [6.45, 7) is 8.58. The van der Waals surface area contributed by atoms with Crippen LogP contribution in [0.5, 0.6) is 0 Å². The molecule has 0 saturated carbocycles. The number of benzene rings is 10. The predicted octanol–water partition coefficient (Wildman–Crippen LogP) is 16.8. The second kappa shape index (κ2) is 15.9. The quantitative estimate of drug-likeness (QED) is 0.135. The maximum absolute atomic E-state index is 2.40. The lowest BCUT2D eigenvalue weighted by atomic mass is 9.92. The van der Waals surface area contributed by atoms with Gasteiger partial charge in [-0.2, -0.15) is 0 Å². The highest BCUT2D eigenvalue weighted by atomic mass is 15.2. The van der Waals surface area contributed by atoms with E-state index in [9.17, 15) is 0 Å². The van der Waals surface area contributed by atoms with Gasteiger partial charge in [0.15, 0.2) is 0 Å². The molecule has 0 unspecified atom stereocenters. The van der Waals surface area contributed by atoms with Crippen molar-refractivity contribution >= 4 is 83.5 Å². The lowest BCUT2D eigenvalue weighted by molar-refractivity contribution is 1.27. The van der Waals surface area contributed by atoms with Gasteiger partial charge in [0.25, 0.3) is 0 Å². The number of hydrogen-bond donors (Lipinski definition) is 0. The van der Waals surface area contributed by atoms with Crippen molar-refractivity contribution in [2.24, 2.45) is 0 Å². The van der Waals surface area contributed by atoms with E-state index in [0.29, 0.717) is 0 Å². The van der Waals surface area contributed by atoms with Crippen LogP contribution in [-0.2, 0) is 0 Å². The minimum absolute atomic E-state index is 1.10. The molecule has 0 heterocycles. The molecule has 0 amide bonds. The molecule has 0 aliphatic carbocycles. The summed E-state index contributed by atoms with van der Waals surface area (Å²) in [5.74, 6) is 0. The molecule has 61 heavy (non-hydrogen) atoms. The Labute approximate surface area is 359 Å². The fourth-order valence-electron chi connectivity index (χ4n) is 8.66. The van der Waals surface area contributed by atoms with Gasteiger partial charge in [-0.15, -0.1) is 0 Å². The van der Waals surface area contributed by atoms with Crippen molar-refractivity contribution in [3.8, 4) is 0 Å². The zero-order valence-electron chi connectivity index (χ0n) is 35.0. The van der Waals surface area contributed by atoms with Gasteiger partial charge < -0.3 is 14.7 Å². The van der Waals surface area contributed by atoms with Crippen molar-refractivity contribution in [1.82, 2.24) is 0 Å². The Morgan fingerprint density at radius 1 is 0.197 bits per heavy atom. The van der Waals surface area contributed by atoms with Crippen molar-refractivity contribution in [3.05, 3.63) is 235 Å². The number of anilines is 9. The molecule has 3 nitrogen and oxygen atoms in total. The van der Waals surface area contributed by atoms with Gasteiger partial charge in [-0.1, -0.05) is 125 Å². The van der Waals surface area contributed by atoms with Crippen LogP contribution < -0.4 is 14.7 Å². The van der Waals surface area contributed by atoms with E-state index < -0.39 is 0 Å². The van der Waals surface area contributed by atoms with Crippen molar-refractivity contribution in [2.75, 3.05) is 14.7 Å². The molecule has 0 fully saturated rings. The van der Waals surface area contributed by atoms with E-state index in [4.69, 9.17) is 0 Å². The second-order valence-corrected chi connectivity index (χ2v) is 16.2. The summed E-state index contributed by atoms with van der Waals surface area (Å²) in [7, 11) is 0. The molecule has 0 aliphatic heterocycles. The Balaban J connectivity index is 1.25. The van der Waals surface area contributed by atoms with Crippen LogP contribution in [0.25, 0.3) is 32.3 Å². The summed E-state index contributed by atoms with van der Waals surface area (Å²) >= 11 is 0. The summed E-state index contributed by atoms with van der Waals surface area (Å²) < 4.78 is 0. The van der Waals surface area contributed by atoms with Gasteiger partial charge in [0.05, 0.1) is 0 Å². The van der Waals surface area contributed by atoms with Crippen LogP contribution in [0, 0.1) is 27.7 Å². The molecule has 0 radical (unpaired) electrons. The van der Waals surface area contributed by atoms with Crippen LogP contribution in [0.15, 0.2) is 212 Å². The van der Waals surface area contributed by atoms with E-state index in [1.165, 1.54) is 54.6 Å². The molecule has 10 rings (SSSR count). The molecule has 0 N–H and O–H groups in total. The summed E-state index contributed by atoms with van der Waals surface area (Å²) in [6.07, 6.45) is 0. The van der Waals surface area contributed by atoms with Crippen molar-refractivity contribution in [1.29, 1.82) is 0 Å². The van der Waals surface area contributed by atoms with Crippen molar-refractivity contribution in [3.63, 3.8) is 0 Å². The molecule has 3 heteroatoms. The number of rotatable bonds is 9. The molecule has 0 atom stereocenters. The van der Waals surface area contributed by atoms with E-state index in [1.54, 1.807) is 0 Å². The topological polar surface area (TPSA) is 9.72 Å². The Kier molecular flexibility index (Phi) is 9.78. The summed E-state index contributed by atoms with van der Waals surface area (Å²) in [4.78, 5) is 7.11. The maximum Gasteiger partial charge on any atom is 0.0468 e. The van der Waals surface area contributed by atoms with Crippen LogP contribution in [0.3, 0.4) is 0 Å². The Morgan fingerprint density at radius 3 is 0.656 bits per heavy atom. The van der Waals surface area contributed by atoms with E-state index >= 15 is 0 Å². The Morgan fingerprint density at radius 2 is 0.410 bits per heavy atom. The minimum atomic E-state index is 1.10. The van der Waals surface area contributed by atoms with Crippen LogP contribution in [-0.4, -0.2) is 0 Å². The lowest BCUT2D eigenvalue weighted by Gasteiger charge is -2.28. The standard InChI is InChI=1S/C58H47N3/c1-40-15-23-46(24-16-40)60(47-25-17-41(2)18-26-47)51-32-35-54-56-37-50(59(44-11-7-5-8-12-44)45-13-9-6-10-14-45)31-34-53(56)57-38-52(33-36-55(57)58(54)39-51)61(48-27-19-42(3)20-28-48)49-29-21-43(4)22-30-49/h5-39H,1-4H3. The first-order valence-corrected chi connectivity index (χ1v) is 21.1. The van der Waals surface area contributed by atoms with Crippen LogP contribution in [0.1, 0.15) is 22.3 Å². The highest BCUT2D eigenvalue weighted by Gasteiger charge is 2.20. The third kappa shape index (κ3) is 7.25. The summed E-state index contributed by atoms with van der Waals surface area (Å²) in [5.41, 5.74) is 15.0. The molecule has 10 aromatic rings. The average molecular weight is 786 g/mol. The van der Waals surface area contributed by atoms with Crippen molar-refractivity contribution in [2.45, 2.75) is 27.7 Å². The van der Waals surface area contributed by atoms with Crippen LogP contribution >= 0.6 is 0 Å². The van der Waals surface area contributed by atoms with Crippen LogP contribution in [0.2, 0.25) is 0 Å². The fraction of sp³-hybridized carbons (Fsp3) is 0.0690. The first kappa shape index (κ1) is 37.6. The van der Waals surface area contributed by atoms with E-state index in [0.717, 1.165) is 51.2 Å². The summed E-state index contributed by atoms with van der Waals surface area (Å²) in [6, 6.07) is 77.8. The van der Waals surface area contributed by atoms with Gasteiger partial charge in [0, 0.05) is 51.2 Å². The highest BCUT2D eigenvalue weighted by molar-refractivity contribution is 6.27. The van der Waals surface area contributed by atoms with Gasteiger partial charge >= 0.3 is 0 Å². The molecule has 0 bridgehead atoms. The third-order valence-corrected chi connectivity index (χ3v) is 11.9. The normalized spacial score (nSPS) is 11.3. The molecule has 0 saturated heterocycles. The van der Waals surface area contributed by atoms with Gasteiger partial charge in [0.1, 0.15) is 0 Å². The first-order chi connectivity index (χ1) is 29.9. The molecule has 0 spiro atoms. The number of nitrogens with zero attached hydrogens (tertiary/aromatic N) is 3. The van der Waals surface area contributed by atoms with E-state index in [-0.39, 0.29) is 0 Å². The highest BCUT2D eigenvalue weighted by Crippen LogP contribution is 2.45. The zero-order chi connectivity index (χ0) is 41.5. The fourth-order valence-corrected chi connectivity index (χ4v) is 8.66. The second-order valence-electron chi connectivity index (χ2n) is 16.2. The molecule has 0 aromatic heterocycles. The van der Waals surface area contributed by atoms with Gasteiger partial charge in [-0.05, 0) is 169 Å². The largest absolute Gasteiger partial charge is 0.310 e. The lowest BCUT2D eigenvalue weighted by Crippen LogP contribution is -2.10. The third-order valence-electron chi connectivity index (χ3n) is 11.9. The maximum atomic E-state index is 2.40. The average Bonchev–Trinajstić information content (AvgIpc) is 3.30. The number of aryl methyl sites for hydroxylation is 4. The van der Waals surface area contributed by atoms with Gasteiger partial charge in [0.2, 0.25) is 0 Å². The number of hydrogen-bond acceptors (Lipinski definition) is 3. The Hall–Kier alpha value is -7.62. The zero-order valence-corrected chi connectivity index (χ0v) is 35.0. The summed E-state index contributed by atoms with van der Waals surface area (Å²) in [5, 5.41) is 7.25. The number of fused-ring (bicyclic) bond motifs is 6.